The molecule has 1 aliphatic rings. The number of carbonyl (C=O) groups is 2. The van der Waals surface area contributed by atoms with Gasteiger partial charge >= 0.3 is 18.2 Å². The molecular formula is C12H11F3N2O3. The Morgan fingerprint density at radius 3 is 2.40 bits per heavy atom. The molecule has 0 saturated heterocycles. The van der Waals surface area contributed by atoms with Crippen LogP contribution in [0.5, 0.6) is 0 Å². The van der Waals surface area contributed by atoms with Gasteiger partial charge in [0, 0.05) is 5.69 Å². The van der Waals surface area contributed by atoms with E-state index < -0.39 is 23.7 Å². The van der Waals surface area contributed by atoms with Gasteiger partial charge in [-0.15, -0.1) is 0 Å². The van der Waals surface area contributed by atoms with Crippen LogP contribution in [0.25, 0.3) is 0 Å². The second-order valence-corrected chi connectivity index (χ2v) is 4.54. The lowest BCUT2D eigenvalue weighted by Crippen LogP contribution is -2.49. The molecule has 0 heterocycles. The molecule has 3 N–H and O–H groups in total. The van der Waals surface area contributed by atoms with E-state index in [1.165, 1.54) is 18.2 Å². The fourth-order valence-electron chi connectivity index (χ4n) is 1.71. The Labute approximate surface area is 111 Å². The number of rotatable bonds is 3. The van der Waals surface area contributed by atoms with Crippen LogP contribution in [0.3, 0.4) is 0 Å². The van der Waals surface area contributed by atoms with Gasteiger partial charge in [0.05, 0.1) is 5.56 Å². The maximum atomic E-state index is 12.6. The van der Waals surface area contributed by atoms with Crippen molar-refractivity contribution in [3.8, 4) is 0 Å². The molecule has 0 aromatic heterocycles. The molecule has 1 aromatic carbocycles. The molecule has 2 rings (SSSR count). The molecule has 108 valence electrons. The van der Waals surface area contributed by atoms with E-state index in [-0.39, 0.29) is 24.1 Å². The zero-order chi connectivity index (χ0) is 15.0. The molecule has 1 fully saturated rings. The number of anilines is 1. The van der Waals surface area contributed by atoms with Crippen molar-refractivity contribution in [2.45, 2.75) is 24.6 Å². The summed E-state index contributed by atoms with van der Waals surface area (Å²) in [7, 11) is 0. The summed E-state index contributed by atoms with van der Waals surface area (Å²) < 4.78 is 37.9. The van der Waals surface area contributed by atoms with Crippen molar-refractivity contribution >= 4 is 17.7 Å². The summed E-state index contributed by atoms with van der Waals surface area (Å²) >= 11 is 0. The highest BCUT2D eigenvalue weighted by molar-refractivity contribution is 5.93. The zero-order valence-electron chi connectivity index (χ0n) is 10.1. The van der Waals surface area contributed by atoms with Crippen molar-refractivity contribution in [1.82, 2.24) is 5.32 Å². The number of amides is 2. The number of aromatic carboxylic acids is 1. The van der Waals surface area contributed by atoms with Gasteiger partial charge in [-0.2, -0.15) is 13.2 Å². The third-order valence-electron chi connectivity index (χ3n) is 3.01. The molecule has 0 spiro atoms. The quantitative estimate of drug-likeness (QED) is 0.800. The van der Waals surface area contributed by atoms with E-state index in [1.54, 1.807) is 0 Å². The van der Waals surface area contributed by atoms with Crippen LogP contribution in [-0.2, 0) is 0 Å². The van der Waals surface area contributed by atoms with Gasteiger partial charge in [0.1, 0.15) is 5.54 Å². The summed E-state index contributed by atoms with van der Waals surface area (Å²) in [5.41, 5.74) is -2.11. The third-order valence-corrected chi connectivity index (χ3v) is 3.01. The average Bonchev–Trinajstić information content (AvgIpc) is 3.09. The second kappa shape index (κ2) is 4.69. The maximum Gasteiger partial charge on any atom is 0.411 e. The number of hydrogen-bond donors (Lipinski definition) is 3. The van der Waals surface area contributed by atoms with Gasteiger partial charge in [-0.25, -0.2) is 9.59 Å². The highest BCUT2D eigenvalue weighted by atomic mass is 19.4. The Kier molecular flexibility index (Phi) is 3.33. The Bertz CT molecular complexity index is 553. The predicted molar refractivity (Wildman–Crippen MR) is 63.6 cm³/mol. The summed E-state index contributed by atoms with van der Waals surface area (Å²) in [4.78, 5) is 22.3. The molecule has 0 atom stereocenters. The lowest BCUT2D eigenvalue weighted by atomic mass is 10.2. The maximum absolute atomic E-state index is 12.6. The number of halogens is 3. The monoisotopic (exact) mass is 288 g/mol. The van der Waals surface area contributed by atoms with E-state index in [0.29, 0.717) is 0 Å². The Balaban J connectivity index is 2.02. The minimum Gasteiger partial charge on any atom is -0.478 e. The van der Waals surface area contributed by atoms with Crippen LogP contribution in [0.15, 0.2) is 24.3 Å². The van der Waals surface area contributed by atoms with E-state index in [2.05, 4.69) is 5.32 Å². The Morgan fingerprint density at radius 2 is 1.90 bits per heavy atom. The highest BCUT2D eigenvalue weighted by Gasteiger charge is 2.64. The zero-order valence-corrected chi connectivity index (χ0v) is 10.1. The van der Waals surface area contributed by atoms with Gasteiger partial charge in [-0.05, 0) is 31.0 Å². The molecule has 0 radical (unpaired) electrons. The number of alkyl halides is 3. The number of hydrogen-bond acceptors (Lipinski definition) is 2. The number of urea groups is 1. The van der Waals surface area contributed by atoms with Crippen molar-refractivity contribution in [3.63, 3.8) is 0 Å². The first kappa shape index (κ1) is 14.2. The molecule has 1 aliphatic carbocycles. The smallest absolute Gasteiger partial charge is 0.411 e. The van der Waals surface area contributed by atoms with E-state index >= 15 is 0 Å². The molecule has 1 aromatic rings. The van der Waals surface area contributed by atoms with E-state index in [1.807, 2.05) is 5.32 Å². The first-order valence-corrected chi connectivity index (χ1v) is 5.73. The van der Waals surface area contributed by atoms with Crippen LogP contribution >= 0.6 is 0 Å². The molecule has 0 unspecified atom stereocenters. The first-order chi connectivity index (χ1) is 9.23. The highest BCUT2D eigenvalue weighted by Crippen LogP contribution is 2.48. The normalized spacial score (nSPS) is 16.4. The predicted octanol–water partition coefficient (Wildman–Crippen LogP) is 2.60. The number of nitrogens with one attached hydrogen (secondary N) is 2. The lowest BCUT2D eigenvalue weighted by molar-refractivity contribution is -0.162. The van der Waals surface area contributed by atoms with E-state index in [4.69, 9.17) is 5.11 Å². The van der Waals surface area contributed by atoms with Crippen LogP contribution < -0.4 is 10.6 Å². The summed E-state index contributed by atoms with van der Waals surface area (Å²) in [6.07, 6.45) is -4.80. The Morgan fingerprint density at radius 1 is 1.25 bits per heavy atom. The summed E-state index contributed by atoms with van der Waals surface area (Å²) in [6, 6.07) is 4.23. The van der Waals surface area contributed by atoms with Crippen LogP contribution in [0.4, 0.5) is 23.7 Å². The lowest BCUT2D eigenvalue weighted by Gasteiger charge is -2.20. The minimum atomic E-state index is -4.49. The van der Waals surface area contributed by atoms with Crippen molar-refractivity contribution < 1.29 is 27.9 Å². The average molecular weight is 288 g/mol. The van der Waals surface area contributed by atoms with Gasteiger partial charge in [0.2, 0.25) is 0 Å². The molecule has 5 nitrogen and oxygen atoms in total. The molecule has 1 saturated carbocycles. The second-order valence-electron chi connectivity index (χ2n) is 4.54. The van der Waals surface area contributed by atoms with Gasteiger partial charge in [0.25, 0.3) is 0 Å². The van der Waals surface area contributed by atoms with Crippen molar-refractivity contribution in [3.05, 3.63) is 29.8 Å². The molecule has 0 bridgehead atoms. The fourth-order valence-corrected chi connectivity index (χ4v) is 1.71. The number of benzene rings is 1. The first-order valence-electron chi connectivity index (χ1n) is 5.73. The summed E-state index contributed by atoms with van der Waals surface area (Å²) in [6.45, 7) is 0. The standard InChI is InChI=1S/C12H11F3N2O3/c13-12(14,15)11(4-5-11)17-10(20)16-8-3-1-2-7(6-8)9(18)19/h1-3,6H,4-5H2,(H,18,19)(H2,16,17,20). The van der Waals surface area contributed by atoms with Gasteiger partial charge in [-0.1, -0.05) is 6.07 Å². The van der Waals surface area contributed by atoms with Gasteiger partial charge < -0.3 is 15.7 Å². The Hall–Kier alpha value is -2.25. The topological polar surface area (TPSA) is 78.4 Å². The molecule has 2 amide bonds. The summed E-state index contributed by atoms with van der Waals surface area (Å²) in [5, 5.41) is 12.8. The summed E-state index contributed by atoms with van der Waals surface area (Å²) in [5.74, 6) is -1.19. The largest absolute Gasteiger partial charge is 0.478 e. The number of carboxylic acid groups (broad SMARTS) is 1. The molecular weight excluding hydrogens is 277 g/mol. The molecule has 8 heteroatoms. The third kappa shape index (κ3) is 2.84. The fraction of sp³-hybridized carbons (Fsp3) is 0.333. The minimum absolute atomic E-state index is 0.0697. The molecule has 0 aliphatic heterocycles. The molecule has 20 heavy (non-hydrogen) atoms. The number of carbonyl (C=O) groups excluding carboxylic acids is 1. The van der Waals surface area contributed by atoms with Crippen LogP contribution in [0.2, 0.25) is 0 Å². The van der Waals surface area contributed by atoms with Crippen LogP contribution in [-0.4, -0.2) is 28.8 Å². The van der Waals surface area contributed by atoms with Gasteiger partial charge in [0.15, 0.2) is 0 Å². The van der Waals surface area contributed by atoms with Crippen molar-refractivity contribution in [2.24, 2.45) is 0 Å². The van der Waals surface area contributed by atoms with Crippen LogP contribution in [0.1, 0.15) is 23.2 Å². The van der Waals surface area contributed by atoms with E-state index in [9.17, 15) is 22.8 Å². The van der Waals surface area contributed by atoms with Gasteiger partial charge in [-0.3, -0.25) is 0 Å². The van der Waals surface area contributed by atoms with E-state index in [0.717, 1.165) is 6.07 Å². The number of carboxylic acids is 1. The SMILES string of the molecule is O=C(Nc1cccc(C(=O)O)c1)NC1(C(F)(F)F)CC1. The van der Waals surface area contributed by atoms with Crippen molar-refractivity contribution in [1.29, 1.82) is 0 Å². The van der Waals surface area contributed by atoms with Crippen LogP contribution in [0, 0.1) is 0 Å². The van der Waals surface area contributed by atoms with Crippen molar-refractivity contribution in [2.75, 3.05) is 5.32 Å².